The zero-order valence-electron chi connectivity index (χ0n) is 10.5. The van der Waals surface area contributed by atoms with Crippen molar-refractivity contribution in [2.24, 2.45) is 5.92 Å². The Balaban J connectivity index is 2.15. The van der Waals surface area contributed by atoms with Gasteiger partial charge in [0.2, 0.25) is 0 Å². The van der Waals surface area contributed by atoms with Crippen molar-refractivity contribution in [2.75, 3.05) is 24.8 Å². The predicted octanol–water partition coefficient (Wildman–Crippen LogP) is 2.48. The molecule has 0 aromatic heterocycles. The van der Waals surface area contributed by atoms with Crippen molar-refractivity contribution in [3.8, 4) is 0 Å². The van der Waals surface area contributed by atoms with Gasteiger partial charge in [-0.05, 0) is 30.9 Å². The molecule has 1 N–H and O–H groups in total. The molecule has 0 bridgehead atoms. The molecule has 1 aliphatic heterocycles. The summed E-state index contributed by atoms with van der Waals surface area (Å²) in [5, 5.41) is 13.8. The Morgan fingerprint density at radius 1 is 1.29 bits per heavy atom. The first-order valence-electron chi connectivity index (χ1n) is 6.53. The third-order valence-corrected chi connectivity index (χ3v) is 3.59. The van der Waals surface area contributed by atoms with Crippen LogP contribution in [0.15, 0.2) is 30.3 Å². The molecule has 0 saturated carbocycles. The number of benzene rings is 1. The molecule has 2 rings (SSSR count). The van der Waals surface area contributed by atoms with E-state index in [1.54, 1.807) is 0 Å². The lowest BCUT2D eigenvalue weighted by atomic mass is 10.0. The third kappa shape index (κ3) is 2.99. The summed E-state index contributed by atoms with van der Waals surface area (Å²) in [7, 11) is 0. The number of hydrogen-bond donors (Lipinski definition) is 1. The number of hydrazine groups is 1. The van der Waals surface area contributed by atoms with Crippen molar-refractivity contribution in [3.05, 3.63) is 30.3 Å². The lowest BCUT2D eigenvalue weighted by molar-refractivity contribution is 0.0870. The summed E-state index contributed by atoms with van der Waals surface area (Å²) in [6.45, 7) is 4.30. The molecule has 1 aliphatic rings. The lowest BCUT2D eigenvalue weighted by Gasteiger charge is -2.34. The molecule has 17 heavy (non-hydrogen) atoms. The highest BCUT2D eigenvalue weighted by atomic mass is 16.3. The van der Waals surface area contributed by atoms with Crippen LogP contribution in [0.1, 0.15) is 26.2 Å². The molecule has 0 radical (unpaired) electrons. The molecule has 3 nitrogen and oxygen atoms in total. The summed E-state index contributed by atoms with van der Waals surface area (Å²) < 4.78 is 0. The molecule has 1 heterocycles. The third-order valence-electron chi connectivity index (χ3n) is 3.59. The minimum Gasteiger partial charge on any atom is -0.379 e. The van der Waals surface area contributed by atoms with E-state index in [-0.39, 0.29) is 6.73 Å². The Kier molecular flexibility index (Phi) is 4.40. The highest BCUT2D eigenvalue weighted by Crippen LogP contribution is 2.24. The van der Waals surface area contributed by atoms with E-state index in [1.165, 1.54) is 24.9 Å². The van der Waals surface area contributed by atoms with Crippen molar-refractivity contribution >= 4 is 5.69 Å². The van der Waals surface area contributed by atoms with E-state index in [0.717, 1.165) is 13.1 Å². The molecular weight excluding hydrogens is 212 g/mol. The van der Waals surface area contributed by atoms with Gasteiger partial charge in [-0.3, -0.25) is 0 Å². The van der Waals surface area contributed by atoms with Gasteiger partial charge in [-0.15, -0.1) is 0 Å². The Hall–Kier alpha value is -1.06. The molecule has 1 fully saturated rings. The molecule has 3 heteroatoms. The van der Waals surface area contributed by atoms with Crippen LogP contribution in [0.5, 0.6) is 0 Å². The molecular formula is C14H22N2O. The fraction of sp³-hybridized carbons (Fsp3) is 0.571. The molecule has 1 aromatic carbocycles. The van der Waals surface area contributed by atoms with Crippen molar-refractivity contribution in [1.82, 2.24) is 5.01 Å². The molecule has 0 spiro atoms. The normalized spacial score (nSPS) is 22.5. The molecule has 0 aliphatic carbocycles. The van der Waals surface area contributed by atoms with Gasteiger partial charge in [-0.1, -0.05) is 31.5 Å². The molecule has 1 atom stereocenters. The summed E-state index contributed by atoms with van der Waals surface area (Å²) in [5.74, 6) is 0.705. The van der Waals surface area contributed by atoms with Gasteiger partial charge in [0.1, 0.15) is 6.73 Å². The van der Waals surface area contributed by atoms with Crippen molar-refractivity contribution in [3.63, 3.8) is 0 Å². The maximum Gasteiger partial charge on any atom is 0.113 e. The number of anilines is 1. The molecule has 1 unspecified atom stereocenters. The summed E-state index contributed by atoms with van der Waals surface area (Å²) in [6, 6.07) is 10.3. The topological polar surface area (TPSA) is 26.7 Å². The molecule has 1 aromatic rings. The van der Waals surface area contributed by atoms with Gasteiger partial charge in [-0.25, -0.2) is 0 Å². The summed E-state index contributed by atoms with van der Waals surface area (Å²) in [4.78, 5) is 0. The van der Waals surface area contributed by atoms with Gasteiger partial charge in [0.05, 0.1) is 5.69 Å². The SMILES string of the molecule is CCC1CCCN(c2ccccc2)N(CO)C1. The first-order valence-corrected chi connectivity index (χ1v) is 6.53. The number of aliphatic hydroxyl groups excluding tert-OH is 1. The van der Waals surface area contributed by atoms with Gasteiger partial charge in [-0.2, -0.15) is 5.01 Å². The quantitative estimate of drug-likeness (QED) is 0.870. The minimum absolute atomic E-state index is 0.103. The Morgan fingerprint density at radius 3 is 2.71 bits per heavy atom. The van der Waals surface area contributed by atoms with Crippen molar-refractivity contribution in [1.29, 1.82) is 0 Å². The van der Waals surface area contributed by atoms with Gasteiger partial charge in [0, 0.05) is 13.1 Å². The van der Waals surface area contributed by atoms with Crippen LogP contribution in [-0.2, 0) is 0 Å². The second-order valence-electron chi connectivity index (χ2n) is 4.71. The van der Waals surface area contributed by atoms with Crippen LogP contribution in [0.2, 0.25) is 0 Å². The van der Waals surface area contributed by atoms with Gasteiger partial charge >= 0.3 is 0 Å². The average Bonchev–Trinajstić information content (AvgIpc) is 2.61. The van der Waals surface area contributed by atoms with Crippen LogP contribution in [0.25, 0.3) is 0 Å². The predicted molar refractivity (Wildman–Crippen MR) is 70.6 cm³/mol. The van der Waals surface area contributed by atoms with E-state index in [4.69, 9.17) is 0 Å². The van der Waals surface area contributed by atoms with Gasteiger partial charge in [0.15, 0.2) is 0 Å². The van der Waals surface area contributed by atoms with Crippen LogP contribution < -0.4 is 5.01 Å². The Morgan fingerprint density at radius 2 is 2.06 bits per heavy atom. The van der Waals surface area contributed by atoms with E-state index in [9.17, 15) is 5.11 Å². The fourth-order valence-electron chi connectivity index (χ4n) is 2.52. The molecule has 1 saturated heterocycles. The van der Waals surface area contributed by atoms with E-state index < -0.39 is 0 Å². The van der Waals surface area contributed by atoms with Crippen LogP contribution in [0.3, 0.4) is 0 Å². The average molecular weight is 234 g/mol. The van der Waals surface area contributed by atoms with Crippen LogP contribution in [-0.4, -0.2) is 29.9 Å². The highest BCUT2D eigenvalue weighted by molar-refractivity contribution is 5.44. The lowest BCUT2D eigenvalue weighted by Crippen LogP contribution is -2.44. The second kappa shape index (κ2) is 6.03. The van der Waals surface area contributed by atoms with E-state index >= 15 is 0 Å². The largest absolute Gasteiger partial charge is 0.379 e. The summed E-state index contributed by atoms with van der Waals surface area (Å²) >= 11 is 0. The van der Waals surface area contributed by atoms with Crippen molar-refractivity contribution < 1.29 is 5.11 Å². The first-order chi connectivity index (χ1) is 8.35. The zero-order valence-corrected chi connectivity index (χ0v) is 10.5. The summed E-state index contributed by atoms with van der Waals surface area (Å²) in [6.07, 6.45) is 3.65. The smallest absolute Gasteiger partial charge is 0.113 e. The molecule has 0 amide bonds. The zero-order chi connectivity index (χ0) is 12.1. The maximum atomic E-state index is 9.55. The highest BCUT2D eigenvalue weighted by Gasteiger charge is 2.22. The van der Waals surface area contributed by atoms with E-state index in [1.807, 2.05) is 18.2 Å². The second-order valence-corrected chi connectivity index (χ2v) is 4.71. The minimum atomic E-state index is 0.103. The Bertz CT molecular complexity index is 328. The van der Waals surface area contributed by atoms with Gasteiger partial charge < -0.3 is 10.1 Å². The number of aliphatic hydroxyl groups is 1. The summed E-state index contributed by atoms with van der Waals surface area (Å²) in [5.41, 5.74) is 1.18. The van der Waals surface area contributed by atoms with Crippen LogP contribution in [0.4, 0.5) is 5.69 Å². The number of nitrogens with zero attached hydrogens (tertiary/aromatic N) is 2. The number of rotatable bonds is 3. The van der Waals surface area contributed by atoms with Crippen LogP contribution in [0, 0.1) is 5.92 Å². The van der Waals surface area contributed by atoms with Crippen LogP contribution >= 0.6 is 0 Å². The fourth-order valence-corrected chi connectivity index (χ4v) is 2.52. The number of hydrogen-bond acceptors (Lipinski definition) is 3. The monoisotopic (exact) mass is 234 g/mol. The van der Waals surface area contributed by atoms with E-state index in [0.29, 0.717) is 5.92 Å². The Labute approximate surface area is 104 Å². The number of para-hydroxylation sites is 1. The first kappa shape index (κ1) is 12.4. The van der Waals surface area contributed by atoms with Crippen molar-refractivity contribution in [2.45, 2.75) is 26.2 Å². The standard InChI is InChI=1S/C14H22N2O/c1-2-13-7-6-10-16(15(11-13)12-17)14-8-4-3-5-9-14/h3-5,8-9,13,17H,2,6-7,10-12H2,1H3. The van der Waals surface area contributed by atoms with E-state index in [2.05, 4.69) is 29.1 Å². The maximum absolute atomic E-state index is 9.55. The molecule has 94 valence electrons. The van der Waals surface area contributed by atoms with Gasteiger partial charge in [0.25, 0.3) is 0 Å².